The van der Waals surface area contributed by atoms with Crippen LogP contribution in [0.4, 0.5) is 4.79 Å². The quantitative estimate of drug-likeness (QED) is 0.537. The summed E-state index contributed by atoms with van der Waals surface area (Å²) in [5, 5.41) is 0.728. The zero-order chi connectivity index (χ0) is 25.2. The molecule has 4 rings (SSSR count). The van der Waals surface area contributed by atoms with Gasteiger partial charge in [-0.2, -0.15) is 0 Å². The lowest BCUT2D eigenvalue weighted by atomic mass is 10.0. The molecule has 0 unspecified atom stereocenters. The minimum absolute atomic E-state index is 0.0643. The second-order valence-electron chi connectivity index (χ2n) is 10.5. The molecular weight excluding hydrogens is 440 g/mol. The number of aryl methyl sites for hydroxylation is 2. The molecule has 1 fully saturated rings. The highest BCUT2D eigenvalue weighted by Crippen LogP contribution is 2.23. The maximum atomic E-state index is 13.4. The van der Waals surface area contributed by atoms with Gasteiger partial charge in [0.2, 0.25) is 0 Å². The summed E-state index contributed by atoms with van der Waals surface area (Å²) < 4.78 is 7.67. The van der Waals surface area contributed by atoms with Gasteiger partial charge in [-0.1, -0.05) is 12.1 Å². The Hall–Kier alpha value is -3.19. The van der Waals surface area contributed by atoms with Gasteiger partial charge < -0.3 is 14.2 Å². The van der Waals surface area contributed by atoms with Gasteiger partial charge in [-0.25, -0.2) is 4.79 Å². The molecule has 2 aromatic heterocycles. The molecule has 0 saturated carbocycles. The van der Waals surface area contributed by atoms with Gasteiger partial charge >= 0.3 is 6.09 Å². The Morgan fingerprint density at radius 2 is 1.97 bits per heavy atom. The van der Waals surface area contributed by atoms with Gasteiger partial charge in [0, 0.05) is 68.3 Å². The summed E-state index contributed by atoms with van der Waals surface area (Å²) in [6.45, 7) is 10.1. The SMILES string of the molecule is Cc1cc(CN(Cc2cn(C)c3ccccc3c2=O)[C@H]2CCCN(C(=O)OC(C)(C)C)C2)ccn1. The monoisotopic (exact) mass is 476 g/mol. The highest BCUT2D eigenvalue weighted by atomic mass is 16.6. The third-order valence-corrected chi connectivity index (χ3v) is 6.45. The van der Waals surface area contributed by atoms with Gasteiger partial charge in [-0.05, 0) is 70.4 Å². The van der Waals surface area contributed by atoms with Crippen molar-refractivity contribution in [1.29, 1.82) is 0 Å². The smallest absolute Gasteiger partial charge is 0.410 e. The summed E-state index contributed by atoms with van der Waals surface area (Å²) in [4.78, 5) is 34.7. The van der Waals surface area contributed by atoms with Gasteiger partial charge in [0.15, 0.2) is 5.43 Å². The van der Waals surface area contributed by atoms with Crippen LogP contribution >= 0.6 is 0 Å². The number of ether oxygens (including phenoxy) is 1. The lowest BCUT2D eigenvalue weighted by molar-refractivity contribution is 0.00889. The minimum Gasteiger partial charge on any atom is -0.444 e. The molecule has 1 atom stereocenters. The fourth-order valence-electron chi connectivity index (χ4n) is 4.84. The molecule has 1 aliphatic heterocycles. The largest absolute Gasteiger partial charge is 0.444 e. The number of nitrogens with zero attached hydrogens (tertiary/aromatic N) is 4. The van der Waals surface area contributed by atoms with Crippen LogP contribution in [0.1, 0.15) is 50.4 Å². The van der Waals surface area contributed by atoms with E-state index in [9.17, 15) is 9.59 Å². The van der Waals surface area contributed by atoms with Gasteiger partial charge in [0.25, 0.3) is 0 Å². The molecule has 1 aliphatic rings. The number of piperidine rings is 1. The highest BCUT2D eigenvalue weighted by Gasteiger charge is 2.31. The first-order valence-corrected chi connectivity index (χ1v) is 12.3. The van der Waals surface area contributed by atoms with E-state index < -0.39 is 5.60 Å². The van der Waals surface area contributed by atoms with Crippen molar-refractivity contribution in [3.63, 3.8) is 0 Å². The number of pyridine rings is 2. The molecule has 35 heavy (non-hydrogen) atoms. The van der Waals surface area contributed by atoms with Crippen molar-refractivity contribution < 1.29 is 9.53 Å². The molecule has 1 aromatic carbocycles. The van der Waals surface area contributed by atoms with Crippen LogP contribution in [-0.2, 0) is 24.9 Å². The van der Waals surface area contributed by atoms with Gasteiger partial charge in [-0.3, -0.25) is 14.7 Å². The van der Waals surface area contributed by atoms with Crippen LogP contribution < -0.4 is 5.43 Å². The Morgan fingerprint density at radius 1 is 1.20 bits per heavy atom. The van der Waals surface area contributed by atoms with Gasteiger partial charge in [-0.15, -0.1) is 0 Å². The molecule has 7 heteroatoms. The summed E-state index contributed by atoms with van der Waals surface area (Å²) in [5.41, 5.74) is 3.31. The predicted octanol–water partition coefficient (Wildman–Crippen LogP) is 4.64. The van der Waals surface area contributed by atoms with E-state index in [-0.39, 0.29) is 17.6 Å². The molecule has 186 valence electrons. The average molecular weight is 477 g/mol. The van der Waals surface area contributed by atoms with Crippen LogP contribution in [0.2, 0.25) is 0 Å². The first kappa shape index (κ1) is 24.9. The second kappa shape index (κ2) is 10.2. The minimum atomic E-state index is -0.532. The van der Waals surface area contributed by atoms with E-state index in [0.29, 0.717) is 26.2 Å². The first-order chi connectivity index (χ1) is 16.6. The number of likely N-dealkylation sites (tertiary alicyclic amines) is 1. The molecule has 0 spiro atoms. The van der Waals surface area contributed by atoms with Crippen molar-refractivity contribution in [3.05, 3.63) is 75.8 Å². The molecule has 3 aromatic rings. The number of carbonyl (C=O) groups excluding carboxylic acids is 1. The van der Waals surface area contributed by atoms with E-state index in [4.69, 9.17) is 4.74 Å². The summed E-state index contributed by atoms with van der Waals surface area (Å²) in [6.07, 6.45) is 5.35. The lowest BCUT2D eigenvalue weighted by Crippen LogP contribution is -2.50. The Kier molecular flexibility index (Phi) is 7.26. The van der Waals surface area contributed by atoms with Crippen molar-refractivity contribution in [2.75, 3.05) is 13.1 Å². The zero-order valence-corrected chi connectivity index (χ0v) is 21.5. The first-order valence-electron chi connectivity index (χ1n) is 12.3. The Bertz CT molecular complexity index is 1260. The number of rotatable bonds is 5. The standard InChI is InChI=1S/C28H36N4O3/c1-20-15-21(12-13-29-20)16-32(23-9-8-14-31(19-23)27(34)35-28(2,3)4)18-22-17-30(5)25-11-7-6-10-24(25)26(22)33/h6-7,10-13,15,17,23H,8-9,14,16,18-19H2,1-5H3/t23-/m0/s1. The summed E-state index contributed by atoms with van der Waals surface area (Å²) in [7, 11) is 1.98. The average Bonchev–Trinajstić information content (AvgIpc) is 2.81. The normalized spacial score (nSPS) is 16.6. The number of fused-ring (bicyclic) bond motifs is 1. The van der Waals surface area contributed by atoms with E-state index in [1.165, 1.54) is 0 Å². The van der Waals surface area contributed by atoms with E-state index in [1.807, 2.05) is 86.9 Å². The summed E-state index contributed by atoms with van der Waals surface area (Å²) >= 11 is 0. The second-order valence-corrected chi connectivity index (χ2v) is 10.5. The van der Waals surface area contributed by atoms with E-state index in [2.05, 4.69) is 16.0 Å². The third-order valence-electron chi connectivity index (χ3n) is 6.45. The molecule has 1 saturated heterocycles. The lowest BCUT2D eigenvalue weighted by Gasteiger charge is -2.40. The van der Waals surface area contributed by atoms with Gasteiger partial charge in [0.05, 0.1) is 5.52 Å². The third kappa shape index (κ3) is 6.09. The Morgan fingerprint density at radius 3 is 2.71 bits per heavy atom. The Labute approximate surface area is 207 Å². The molecule has 1 amide bonds. The van der Waals surface area contributed by atoms with Crippen LogP contribution in [-0.4, -0.2) is 50.2 Å². The van der Waals surface area contributed by atoms with Crippen LogP contribution in [0.15, 0.2) is 53.6 Å². The molecule has 0 radical (unpaired) electrons. The van der Waals surface area contributed by atoms with Crippen molar-refractivity contribution in [2.24, 2.45) is 7.05 Å². The van der Waals surface area contributed by atoms with Gasteiger partial charge in [0.1, 0.15) is 5.60 Å². The maximum Gasteiger partial charge on any atom is 0.410 e. The number of amides is 1. The number of hydrogen-bond donors (Lipinski definition) is 0. The molecule has 0 aliphatic carbocycles. The van der Waals surface area contributed by atoms with E-state index in [0.717, 1.165) is 40.6 Å². The highest BCUT2D eigenvalue weighted by molar-refractivity contribution is 5.79. The van der Waals surface area contributed by atoms with Crippen molar-refractivity contribution in [2.45, 2.75) is 65.3 Å². The van der Waals surface area contributed by atoms with E-state index >= 15 is 0 Å². The summed E-state index contributed by atoms with van der Waals surface area (Å²) in [5.74, 6) is 0. The fraction of sp³-hybridized carbons (Fsp3) is 0.464. The van der Waals surface area contributed by atoms with Crippen molar-refractivity contribution >= 4 is 17.0 Å². The van der Waals surface area contributed by atoms with Crippen LogP contribution in [0, 0.1) is 6.92 Å². The number of carbonyl (C=O) groups is 1. The number of para-hydroxylation sites is 1. The zero-order valence-electron chi connectivity index (χ0n) is 21.5. The number of aromatic nitrogens is 2. The maximum absolute atomic E-state index is 13.4. The molecule has 0 bridgehead atoms. The van der Waals surface area contributed by atoms with Crippen LogP contribution in [0.5, 0.6) is 0 Å². The van der Waals surface area contributed by atoms with E-state index in [1.54, 1.807) is 0 Å². The molecule has 7 nitrogen and oxygen atoms in total. The predicted molar refractivity (Wildman–Crippen MR) is 138 cm³/mol. The van der Waals surface area contributed by atoms with Crippen molar-refractivity contribution in [1.82, 2.24) is 19.4 Å². The fourth-order valence-corrected chi connectivity index (χ4v) is 4.84. The Balaban J connectivity index is 1.64. The topological polar surface area (TPSA) is 67.7 Å². The molecular formula is C28H36N4O3. The van der Waals surface area contributed by atoms with Crippen LogP contribution in [0.3, 0.4) is 0 Å². The number of hydrogen-bond acceptors (Lipinski definition) is 5. The van der Waals surface area contributed by atoms with Crippen LogP contribution in [0.25, 0.3) is 10.9 Å². The molecule has 0 N–H and O–H groups in total. The molecule has 3 heterocycles. The number of benzene rings is 1. The van der Waals surface area contributed by atoms with Crippen molar-refractivity contribution in [3.8, 4) is 0 Å². The summed E-state index contributed by atoms with van der Waals surface area (Å²) in [6, 6.07) is 11.9.